The summed E-state index contributed by atoms with van der Waals surface area (Å²) in [6.07, 6.45) is 16.2. The Bertz CT molecular complexity index is 585. The van der Waals surface area contributed by atoms with Gasteiger partial charge in [-0.25, -0.2) is 4.79 Å². The van der Waals surface area contributed by atoms with E-state index in [9.17, 15) is 9.90 Å². The van der Waals surface area contributed by atoms with E-state index in [0.717, 1.165) is 37.7 Å². The van der Waals surface area contributed by atoms with E-state index in [-0.39, 0.29) is 11.5 Å². The molecule has 2 N–H and O–H groups in total. The first-order valence-electron chi connectivity index (χ1n) is 12.0. The average molecular weight is 423 g/mol. The van der Waals surface area contributed by atoms with Gasteiger partial charge in [0.05, 0.1) is 6.61 Å². The first-order chi connectivity index (χ1) is 14.6. The third-order valence-electron chi connectivity index (χ3n) is 5.42. The van der Waals surface area contributed by atoms with Crippen LogP contribution in [0.1, 0.15) is 109 Å². The molecule has 0 aliphatic carbocycles. The molecular formula is C25H42O5. The van der Waals surface area contributed by atoms with Crippen LogP contribution in [0.15, 0.2) is 12.1 Å². The van der Waals surface area contributed by atoms with Crippen LogP contribution < -0.4 is 9.47 Å². The van der Waals surface area contributed by atoms with Crippen molar-refractivity contribution >= 4 is 6.16 Å². The molecule has 0 radical (unpaired) electrons. The second-order valence-electron chi connectivity index (χ2n) is 8.11. The predicted molar refractivity (Wildman–Crippen MR) is 122 cm³/mol. The van der Waals surface area contributed by atoms with Crippen LogP contribution in [-0.2, 0) is 6.42 Å². The van der Waals surface area contributed by atoms with Crippen LogP contribution in [0.25, 0.3) is 0 Å². The van der Waals surface area contributed by atoms with Crippen molar-refractivity contribution in [2.24, 2.45) is 0 Å². The van der Waals surface area contributed by atoms with Crippen LogP contribution >= 0.6 is 0 Å². The van der Waals surface area contributed by atoms with Crippen LogP contribution in [0.2, 0.25) is 0 Å². The molecular weight excluding hydrogens is 380 g/mol. The zero-order valence-electron chi connectivity index (χ0n) is 19.1. The van der Waals surface area contributed by atoms with Gasteiger partial charge in [0.15, 0.2) is 11.5 Å². The number of hydrogen-bond acceptors (Lipinski definition) is 4. The summed E-state index contributed by atoms with van der Waals surface area (Å²) in [5.41, 5.74) is 0.918. The molecule has 0 heterocycles. The fourth-order valence-corrected chi connectivity index (χ4v) is 3.64. The fourth-order valence-electron chi connectivity index (χ4n) is 3.64. The number of benzene rings is 1. The van der Waals surface area contributed by atoms with E-state index in [2.05, 4.69) is 13.8 Å². The Kier molecular flexibility index (Phi) is 14.7. The number of aromatic hydroxyl groups is 1. The maximum absolute atomic E-state index is 10.9. The molecule has 172 valence electrons. The van der Waals surface area contributed by atoms with E-state index < -0.39 is 6.16 Å². The number of carboxylic acid groups (broad SMARTS) is 1. The molecule has 0 saturated heterocycles. The lowest BCUT2D eigenvalue weighted by Crippen LogP contribution is -2.06. The summed E-state index contributed by atoms with van der Waals surface area (Å²) in [5.74, 6) is 0.104. The van der Waals surface area contributed by atoms with Crippen molar-refractivity contribution in [3.63, 3.8) is 0 Å². The smallest absolute Gasteiger partial charge is 0.502 e. The molecule has 0 fully saturated rings. The topological polar surface area (TPSA) is 76.0 Å². The van der Waals surface area contributed by atoms with Gasteiger partial charge in [0.1, 0.15) is 0 Å². The number of ether oxygens (including phenoxy) is 2. The van der Waals surface area contributed by atoms with Gasteiger partial charge in [-0.1, -0.05) is 97.0 Å². The quantitative estimate of drug-likeness (QED) is 0.143. The monoisotopic (exact) mass is 422 g/mol. The van der Waals surface area contributed by atoms with Gasteiger partial charge in [-0.15, -0.1) is 0 Å². The molecule has 0 amide bonds. The molecule has 0 saturated carbocycles. The van der Waals surface area contributed by atoms with Gasteiger partial charge in [-0.05, 0) is 30.9 Å². The minimum atomic E-state index is -1.44. The molecule has 0 aromatic heterocycles. The summed E-state index contributed by atoms with van der Waals surface area (Å²) in [6, 6.07) is 3.33. The minimum absolute atomic E-state index is 0.0691. The Hall–Kier alpha value is -1.91. The normalized spacial score (nSPS) is 10.9. The molecule has 1 aromatic carbocycles. The van der Waals surface area contributed by atoms with E-state index in [1.807, 2.05) is 6.07 Å². The van der Waals surface area contributed by atoms with Gasteiger partial charge in [-0.3, -0.25) is 0 Å². The molecule has 0 spiro atoms. The van der Waals surface area contributed by atoms with Crippen molar-refractivity contribution in [1.29, 1.82) is 0 Å². The fraction of sp³-hybridized carbons (Fsp3) is 0.720. The Morgan fingerprint density at radius 3 is 1.90 bits per heavy atom. The highest BCUT2D eigenvalue weighted by Crippen LogP contribution is 2.40. The average Bonchev–Trinajstić information content (AvgIpc) is 2.72. The lowest BCUT2D eigenvalue weighted by molar-refractivity contribution is 0.142. The lowest BCUT2D eigenvalue weighted by atomic mass is 10.0. The number of phenols is 1. The first-order valence-corrected chi connectivity index (χ1v) is 12.0. The molecule has 0 atom stereocenters. The largest absolute Gasteiger partial charge is 0.511 e. The van der Waals surface area contributed by atoms with Crippen molar-refractivity contribution in [3.05, 3.63) is 17.7 Å². The summed E-state index contributed by atoms with van der Waals surface area (Å²) < 4.78 is 10.6. The van der Waals surface area contributed by atoms with Crippen molar-refractivity contribution in [2.45, 2.75) is 110 Å². The van der Waals surface area contributed by atoms with Gasteiger partial charge in [0.25, 0.3) is 0 Å². The standard InChI is InChI=1S/C25H42O5/c1-3-5-7-9-11-13-15-17-21-18-19-22(30-25(27)28)23(26)24(21)29-20-16-14-12-10-8-6-4-2/h18-19,26H,3-17,20H2,1-2H3,(H,27,28). The summed E-state index contributed by atoms with van der Waals surface area (Å²) in [5, 5.41) is 19.4. The molecule has 1 aromatic rings. The van der Waals surface area contributed by atoms with Gasteiger partial charge in [0.2, 0.25) is 5.75 Å². The molecule has 30 heavy (non-hydrogen) atoms. The number of phenolic OH excluding ortho intramolecular Hbond substituents is 1. The molecule has 0 bridgehead atoms. The van der Waals surface area contributed by atoms with Crippen LogP contribution in [0.4, 0.5) is 4.79 Å². The molecule has 0 aliphatic rings. The number of hydrogen-bond donors (Lipinski definition) is 2. The first kappa shape index (κ1) is 26.1. The van der Waals surface area contributed by atoms with Gasteiger partial charge < -0.3 is 19.7 Å². The maximum atomic E-state index is 10.9. The Labute approximate surface area is 182 Å². The van der Waals surface area contributed by atoms with E-state index in [1.54, 1.807) is 0 Å². The van der Waals surface area contributed by atoms with E-state index in [0.29, 0.717) is 12.4 Å². The van der Waals surface area contributed by atoms with Crippen LogP contribution in [-0.4, -0.2) is 23.0 Å². The SMILES string of the molecule is CCCCCCCCCOc1c(CCCCCCCCC)ccc(OC(=O)O)c1O. The van der Waals surface area contributed by atoms with E-state index in [1.165, 1.54) is 70.3 Å². The summed E-state index contributed by atoms with van der Waals surface area (Å²) >= 11 is 0. The number of carbonyl (C=O) groups is 1. The van der Waals surface area contributed by atoms with Crippen molar-refractivity contribution in [1.82, 2.24) is 0 Å². The molecule has 0 aliphatic heterocycles. The Morgan fingerprint density at radius 2 is 1.33 bits per heavy atom. The van der Waals surface area contributed by atoms with Crippen LogP contribution in [0.5, 0.6) is 17.2 Å². The third kappa shape index (κ3) is 11.3. The zero-order valence-corrected chi connectivity index (χ0v) is 19.1. The van der Waals surface area contributed by atoms with E-state index >= 15 is 0 Å². The van der Waals surface area contributed by atoms with Crippen LogP contribution in [0, 0.1) is 0 Å². The highest BCUT2D eigenvalue weighted by atomic mass is 16.7. The highest BCUT2D eigenvalue weighted by Gasteiger charge is 2.17. The Morgan fingerprint density at radius 1 is 0.800 bits per heavy atom. The van der Waals surface area contributed by atoms with Crippen molar-refractivity contribution in [2.75, 3.05) is 6.61 Å². The van der Waals surface area contributed by atoms with Crippen molar-refractivity contribution in [3.8, 4) is 17.2 Å². The summed E-state index contributed by atoms with van der Waals surface area (Å²) in [7, 11) is 0. The predicted octanol–water partition coefficient (Wildman–Crippen LogP) is 7.87. The van der Waals surface area contributed by atoms with Crippen LogP contribution in [0.3, 0.4) is 0 Å². The van der Waals surface area contributed by atoms with Gasteiger partial charge in [0, 0.05) is 0 Å². The minimum Gasteiger partial charge on any atom is -0.502 e. The molecule has 5 heteroatoms. The number of aryl methyl sites for hydroxylation is 1. The highest BCUT2D eigenvalue weighted by molar-refractivity contribution is 5.65. The van der Waals surface area contributed by atoms with Crippen molar-refractivity contribution < 1.29 is 24.5 Å². The van der Waals surface area contributed by atoms with Gasteiger partial charge in [-0.2, -0.15) is 0 Å². The molecule has 5 nitrogen and oxygen atoms in total. The number of rotatable bonds is 18. The summed E-state index contributed by atoms with van der Waals surface area (Å²) in [6.45, 7) is 4.95. The Balaban J connectivity index is 2.55. The second kappa shape index (κ2) is 16.8. The zero-order chi connectivity index (χ0) is 22.0. The second-order valence-corrected chi connectivity index (χ2v) is 8.11. The lowest BCUT2D eigenvalue weighted by Gasteiger charge is -2.15. The summed E-state index contributed by atoms with van der Waals surface area (Å²) in [4.78, 5) is 10.9. The third-order valence-corrected chi connectivity index (χ3v) is 5.42. The molecule has 1 rings (SSSR count). The maximum Gasteiger partial charge on any atom is 0.511 e. The van der Waals surface area contributed by atoms with Gasteiger partial charge >= 0.3 is 6.16 Å². The number of unbranched alkanes of at least 4 members (excludes halogenated alkanes) is 12. The van der Waals surface area contributed by atoms with E-state index in [4.69, 9.17) is 14.6 Å². The molecule has 0 unspecified atom stereocenters.